The van der Waals surface area contributed by atoms with Crippen molar-refractivity contribution in [3.63, 3.8) is 0 Å². The lowest BCUT2D eigenvalue weighted by Gasteiger charge is -2.43. The van der Waals surface area contributed by atoms with Gasteiger partial charge in [0.2, 0.25) is 5.91 Å². The number of hydrogen-bond acceptors (Lipinski definition) is 7. The summed E-state index contributed by atoms with van der Waals surface area (Å²) in [6, 6.07) is 11.7. The number of ether oxygens (including phenoxy) is 1. The first-order valence-electron chi connectivity index (χ1n) is 10.7. The van der Waals surface area contributed by atoms with Crippen LogP contribution >= 0.6 is 0 Å². The van der Waals surface area contributed by atoms with E-state index in [1.165, 1.54) is 7.11 Å². The average Bonchev–Trinajstić information content (AvgIpc) is 3.59. The number of β-lactam (4-membered cyclic amide) rings is 1. The Morgan fingerprint density at radius 2 is 1.86 bits per heavy atom. The number of nitrogens with zero attached hydrogens (tertiary/aromatic N) is 2. The van der Waals surface area contributed by atoms with E-state index in [-0.39, 0.29) is 18.4 Å². The molecule has 2 aromatic rings. The molecule has 2 fully saturated rings. The molecule has 2 aliphatic rings. The molecule has 3 amide bonds. The van der Waals surface area contributed by atoms with Crippen LogP contribution < -0.4 is 11.1 Å². The van der Waals surface area contributed by atoms with Gasteiger partial charge < -0.3 is 20.9 Å². The molecular formula is C23H23F3N4O6. The predicted molar refractivity (Wildman–Crippen MR) is 118 cm³/mol. The maximum atomic E-state index is 12.7. The van der Waals surface area contributed by atoms with E-state index in [9.17, 15) is 27.6 Å². The summed E-state index contributed by atoms with van der Waals surface area (Å²) in [6.07, 6.45) is -2.45. The number of nitrogen functional groups attached to an aromatic ring is 1. The van der Waals surface area contributed by atoms with Gasteiger partial charge in [-0.3, -0.25) is 4.79 Å². The number of rotatable bonds is 5. The summed E-state index contributed by atoms with van der Waals surface area (Å²) in [6.45, 7) is 0. The van der Waals surface area contributed by atoms with Crippen molar-refractivity contribution >= 4 is 29.7 Å². The second-order valence-electron chi connectivity index (χ2n) is 8.19. The van der Waals surface area contributed by atoms with Crippen molar-refractivity contribution in [2.75, 3.05) is 12.8 Å². The minimum Gasteiger partial charge on any atom is -0.475 e. The second kappa shape index (κ2) is 10.6. The van der Waals surface area contributed by atoms with Crippen molar-refractivity contribution in [3.8, 4) is 0 Å². The summed E-state index contributed by atoms with van der Waals surface area (Å²) >= 11 is 0. The van der Waals surface area contributed by atoms with Crippen LogP contribution in [0, 0.1) is 5.92 Å². The Labute approximate surface area is 203 Å². The molecule has 4 N–H and O–H groups in total. The Kier molecular flexibility index (Phi) is 7.80. The Bertz CT molecular complexity index is 1140. The first-order valence-corrected chi connectivity index (χ1v) is 10.7. The van der Waals surface area contributed by atoms with Crippen molar-refractivity contribution in [2.24, 2.45) is 5.92 Å². The molecule has 13 heteroatoms. The van der Waals surface area contributed by atoms with E-state index in [4.69, 9.17) is 20.4 Å². The predicted octanol–water partition coefficient (Wildman–Crippen LogP) is 2.11. The van der Waals surface area contributed by atoms with Crippen LogP contribution in [-0.4, -0.2) is 64.2 Å². The molecule has 192 valence electrons. The molecule has 1 aliphatic carbocycles. The normalized spacial score (nSPS) is 22.4. The van der Waals surface area contributed by atoms with Crippen molar-refractivity contribution in [2.45, 2.75) is 37.0 Å². The number of nitrogens with one attached hydrogen (secondary N) is 1. The van der Waals surface area contributed by atoms with Gasteiger partial charge >= 0.3 is 24.1 Å². The fourth-order valence-corrected chi connectivity index (χ4v) is 3.89. The number of pyridine rings is 1. The fraction of sp³-hybridized carbons (Fsp3) is 0.348. The van der Waals surface area contributed by atoms with E-state index >= 15 is 0 Å². The third-order valence-electron chi connectivity index (χ3n) is 5.75. The summed E-state index contributed by atoms with van der Waals surface area (Å²) in [4.78, 5) is 51.5. The zero-order valence-electron chi connectivity index (χ0n) is 18.9. The molecule has 10 nitrogen and oxygen atoms in total. The number of imide groups is 1. The molecule has 0 spiro atoms. The largest absolute Gasteiger partial charge is 0.490 e. The maximum Gasteiger partial charge on any atom is 0.490 e. The van der Waals surface area contributed by atoms with Crippen LogP contribution in [0.15, 0.2) is 48.7 Å². The molecule has 0 radical (unpaired) electrons. The molecule has 2 heterocycles. The number of likely N-dealkylation sites (tertiary alicyclic amines) is 1. The zero-order chi connectivity index (χ0) is 26.6. The van der Waals surface area contributed by atoms with Gasteiger partial charge in [-0.2, -0.15) is 13.2 Å². The monoisotopic (exact) mass is 508 g/mol. The Morgan fingerprint density at radius 3 is 2.42 bits per heavy atom. The summed E-state index contributed by atoms with van der Waals surface area (Å²) in [5, 5.41) is 9.99. The van der Waals surface area contributed by atoms with E-state index in [0.29, 0.717) is 5.82 Å². The Hall–Kier alpha value is -4.16. The van der Waals surface area contributed by atoms with E-state index in [2.05, 4.69) is 10.3 Å². The molecule has 1 aromatic heterocycles. The molecule has 0 bridgehead atoms. The van der Waals surface area contributed by atoms with Crippen LogP contribution in [0.1, 0.15) is 23.5 Å². The van der Waals surface area contributed by atoms with Crippen LogP contribution in [0.2, 0.25) is 0 Å². The van der Waals surface area contributed by atoms with Gasteiger partial charge in [-0.25, -0.2) is 24.3 Å². The number of anilines is 1. The smallest absolute Gasteiger partial charge is 0.475 e. The lowest BCUT2D eigenvalue weighted by molar-refractivity contribution is -0.192. The van der Waals surface area contributed by atoms with Crippen LogP contribution in [0.25, 0.3) is 0 Å². The highest BCUT2D eigenvalue weighted by Crippen LogP contribution is 2.41. The number of carbonyl (C=O) groups excluding carboxylic acids is 3. The molecular weight excluding hydrogens is 485 g/mol. The van der Waals surface area contributed by atoms with Gasteiger partial charge in [-0.05, 0) is 36.1 Å². The number of hydrogen-bond donors (Lipinski definition) is 3. The van der Waals surface area contributed by atoms with E-state index < -0.39 is 42.0 Å². The number of benzene rings is 1. The molecule has 1 aromatic carbocycles. The third kappa shape index (κ3) is 6.09. The highest BCUT2D eigenvalue weighted by molar-refractivity contribution is 6.08. The van der Waals surface area contributed by atoms with Crippen LogP contribution in [0.4, 0.5) is 23.8 Å². The topological polar surface area (TPSA) is 152 Å². The minimum atomic E-state index is -5.08. The van der Waals surface area contributed by atoms with Crippen molar-refractivity contribution in [1.29, 1.82) is 0 Å². The molecule has 4 atom stereocenters. The molecule has 0 unspecified atom stereocenters. The van der Waals surface area contributed by atoms with Gasteiger partial charge in [0.1, 0.15) is 5.82 Å². The number of carboxylic acids is 1. The van der Waals surface area contributed by atoms with Gasteiger partial charge in [-0.15, -0.1) is 0 Å². The van der Waals surface area contributed by atoms with Gasteiger partial charge in [-0.1, -0.05) is 30.3 Å². The molecule has 36 heavy (non-hydrogen) atoms. The van der Waals surface area contributed by atoms with Crippen molar-refractivity contribution < 1.29 is 42.2 Å². The van der Waals surface area contributed by atoms with Gasteiger partial charge in [0.05, 0.1) is 13.0 Å². The summed E-state index contributed by atoms with van der Waals surface area (Å²) in [5.41, 5.74) is 7.60. The van der Waals surface area contributed by atoms with Crippen LogP contribution in [-0.2, 0) is 25.5 Å². The SMILES string of the molecule is COC(=O)[C@@H]1[C@@H](Cc2ccnc(N)c2)C(=O)N1C(=O)N[C@H]1C[C@@H]1c1ccccc1.O=C(O)C(F)(F)F. The van der Waals surface area contributed by atoms with Crippen LogP contribution in [0.5, 0.6) is 0 Å². The second-order valence-corrected chi connectivity index (χ2v) is 8.19. The first kappa shape index (κ1) is 26.4. The minimum absolute atomic E-state index is 0.0463. The van der Waals surface area contributed by atoms with Crippen molar-refractivity contribution in [3.05, 3.63) is 59.8 Å². The van der Waals surface area contributed by atoms with Gasteiger partial charge in [0, 0.05) is 18.2 Å². The number of carbonyl (C=O) groups is 4. The summed E-state index contributed by atoms with van der Waals surface area (Å²) < 4.78 is 36.6. The molecule has 4 rings (SSSR count). The third-order valence-corrected chi connectivity index (χ3v) is 5.75. The quantitative estimate of drug-likeness (QED) is 0.410. The number of esters is 1. The number of carboxylic acid groups (broad SMARTS) is 1. The number of halogens is 3. The number of aliphatic carboxylic acids is 1. The molecule has 1 saturated heterocycles. The highest BCUT2D eigenvalue weighted by Gasteiger charge is 2.56. The van der Waals surface area contributed by atoms with E-state index in [0.717, 1.165) is 22.4 Å². The number of urea groups is 1. The number of aromatic nitrogens is 1. The zero-order valence-corrected chi connectivity index (χ0v) is 18.9. The Balaban J connectivity index is 0.000000454. The first-order chi connectivity index (χ1) is 16.9. The molecule has 1 aliphatic heterocycles. The fourth-order valence-electron chi connectivity index (χ4n) is 3.89. The van der Waals surface area contributed by atoms with Crippen molar-refractivity contribution in [1.82, 2.24) is 15.2 Å². The lowest BCUT2D eigenvalue weighted by Crippen LogP contribution is -2.69. The molecule has 1 saturated carbocycles. The highest BCUT2D eigenvalue weighted by atomic mass is 19.4. The van der Waals surface area contributed by atoms with E-state index in [1.807, 2.05) is 30.3 Å². The lowest BCUT2D eigenvalue weighted by atomic mass is 9.82. The number of amides is 3. The van der Waals surface area contributed by atoms with Crippen LogP contribution in [0.3, 0.4) is 0 Å². The Morgan fingerprint density at radius 1 is 1.22 bits per heavy atom. The number of nitrogens with two attached hydrogens (primary N) is 1. The van der Waals surface area contributed by atoms with Gasteiger partial charge in [0.25, 0.3) is 0 Å². The number of alkyl halides is 3. The van der Waals surface area contributed by atoms with E-state index in [1.54, 1.807) is 18.3 Å². The standard InChI is InChI=1S/C21H22N4O4.C2HF3O2/c1-29-20(27)18-15(9-12-7-8-23-17(22)10-12)19(26)25(18)21(28)24-16-11-14(16)13-5-3-2-4-6-13;3-2(4,5)1(6)7/h2-8,10,14-16,18H,9,11H2,1H3,(H2,22,23)(H,24,28);(H,6,7)/t14-,15-,16+,18+;/m1./s1. The average molecular weight is 508 g/mol. The summed E-state index contributed by atoms with van der Waals surface area (Å²) in [7, 11) is 1.25. The summed E-state index contributed by atoms with van der Waals surface area (Å²) in [5.74, 6) is -3.87. The number of methoxy groups -OCH3 is 1. The maximum absolute atomic E-state index is 12.7. The van der Waals surface area contributed by atoms with Gasteiger partial charge in [0.15, 0.2) is 6.04 Å².